The maximum atomic E-state index is 5.99. The van der Waals surface area contributed by atoms with E-state index in [4.69, 9.17) is 11.6 Å². The number of hydrogen-bond acceptors (Lipinski definition) is 1. The second-order valence-electron chi connectivity index (χ2n) is 3.42. The third-order valence-electron chi connectivity index (χ3n) is 2.42. The number of nitrogens with zero attached hydrogens (tertiary/aromatic N) is 1. The van der Waals surface area contributed by atoms with Crippen molar-refractivity contribution in [2.45, 2.75) is 39.0 Å². The van der Waals surface area contributed by atoms with Crippen LogP contribution >= 0.6 is 11.6 Å². The van der Waals surface area contributed by atoms with Gasteiger partial charge in [0.2, 0.25) is 0 Å². The van der Waals surface area contributed by atoms with Gasteiger partial charge in [0.25, 0.3) is 0 Å². The number of halogens is 1. The first-order chi connectivity index (χ1) is 6.22. The summed E-state index contributed by atoms with van der Waals surface area (Å²) in [6, 6.07) is 2.02. The van der Waals surface area contributed by atoms with Gasteiger partial charge in [-0.25, -0.2) is 0 Å². The molecule has 0 amide bonds. The monoisotopic (exact) mass is 197 g/mol. The van der Waals surface area contributed by atoms with Gasteiger partial charge in [-0.1, -0.05) is 32.4 Å². The largest absolute Gasteiger partial charge is 0.263 e. The Morgan fingerprint density at radius 2 is 2.00 bits per heavy atom. The van der Waals surface area contributed by atoms with Crippen molar-refractivity contribution >= 4 is 11.6 Å². The van der Waals surface area contributed by atoms with Gasteiger partial charge in [-0.3, -0.25) is 4.98 Å². The first kappa shape index (κ1) is 10.5. The molecule has 1 nitrogen and oxygen atoms in total. The van der Waals surface area contributed by atoms with Crippen LogP contribution in [0.3, 0.4) is 0 Å². The Labute approximate surface area is 85.1 Å². The van der Waals surface area contributed by atoms with E-state index in [1.165, 1.54) is 18.4 Å². The van der Waals surface area contributed by atoms with Crippen LogP contribution in [0.15, 0.2) is 18.5 Å². The summed E-state index contributed by atoms with van der Waals surface area (Å²) in [6.45, 7) is 6.24. The average molecular weight is 198 g/mol. The second-order valence-corrected chi connectivity index (χ2v) is 3.82. The van der Waals surface area contributed by atoms with Crippen molar-refractivity contribution in [2.75, 3.05) is 0 Å². The first-order valence-electron chi connectivity index (χ1n) is 4.82. The zero-order valence-electron chi connectivity index (χ0n) is 8.47. The zero-order chi connectivity index (χ0) is 9.90. The van der Waals surface area contributed by atoms with Crippen molar-refractivity contribution < 1.29 is 0 Å². The van der Waals surface area contributed by atoms with E-state index in [1.54, 1.807) is 6.20 Å². The topological polar surface area (TPSA) is 12.9 Å². The summed E-state index contributed by atoms with van der Waals surface area (Å²) in [5.41, 5.74) is 1.62. The van der Waals surface area contributed by atoms with Crippen molar-refractivity contribution in [2.24, 2.45) is 0 Å². The summed E-state index contributed by atoms with van der Waals surface area (Å²) in [5, 5.41) is 0.813. The Bertz CT molecular complexity index is 279. The maximum Gasteiger partial charge on any atom is 0.0626 e. The summed E-state index contributed by atoms with van der Waals surface area (Å²) >= 11 is 5.99. The SMILES string of the molecule is CC.CC1(c2ccncc2Cl)CC1. The van der Waals surface area contributed by atoms with Gasteiger partial charge in [-0.15, -0.1) is 0 Å². The fraction of sp³-hybridized carbons (Fsp3) is 0.545. The highest BCUT2D eigenvalue weighted by atomic mass is 35.5. The minimum absolute atomic E-state index is 0.361. The minimum atomic E-state index is 0.361. The van der Waals surface area contributed by atoms with E-state index in [9.17, 15) is 0 Å². The smallest absolute Gasteiger partial charge is 0.0626 e. The predicted octanol–water partition coefficient (Wildman–Crippen LogP) is 3.81. The molecule has 2 heteroatoms. The van der Waals surface area contributed by atoms with Crippen molar-refractivity contribution in [3.63, 3.8) is 0 Å². The number of aromatic nitrogens is 1. The minimum Gasteiger partial charge on any atom is -0.263 e. The average Bonchev–Trinajstić information content (AvgIpc) is 2.89. The van der Waals surface area contributed by atoms with Crippen LogP contribution in [0.4, 0.5) is 0 Å². The molecule has 13 heavy (non-hydrogen) atoms. The van der Waals surface area contributed by atoms with Gasteiger partial charge < -0.3 is 0 Å². The Kier molecular flexibility index (Phi) is 3.32. The molecule has 0 aromatic carbocycles. The quantitative estimate of drug-likeness (QED) is 0.667. The van der Waals surface area contributed by atoms with Crippen LogP contribution < -0.4 is 0 Å². The molecule has 2 rings (SSSR count). The van der Waals surface area contributed by atoms with Crippen LogP contribution in [0, 0.1) is 0 Å². The molecule has 0 N–H and O–H groups in total. The van der Waals surface area contributed by atoms with Crippen molar-refractivity contribution in [3.05, 3.63) is 29.0 Å². The zero-order valence-corrected chi connectivity index (χ0v) is 9.23. The molecule has 0 aliphatic heterocycles. The molecular formula is C11H16ClN. The standard InChI is InChI=1S/C9H10ClN.C2H6/c1-9(3-4-9)7-2-5-11-6-8(7)10;1-2/h2,5-6H,3-4H2,1H3;1-2H3. The Balaban J connectivity index is 0.000000396. The molecule has 1 aliphatic rings. The Hall–Kier alpha value is -0.560. The van der Waals surface area contributed by atoms with Crippen LogP contribution in [0.2, 0.25) is 5.02 Å². The fourth-order valence-corrected chi connectivity index (χ4v) is 1.67. The first-order valence-corrected chi connectivity index (χ1v) is 5.20. The van der Waals surface area contributed by atoms with E-state index in [0.29, 0.717) is 5.41 Å². The van der Waals surface area contributed by atoms with Crippen LogP contribution in [-0.4, -0.2) is 4.98 Å². The molecular weight excluding hydrogens is 182 g/mol. The molecule has 0 atom stereocenters. The molecule has 72 valence electrons. The highest BCUT2D eigenvalue weighted by molar-refractivity contribution is 6.31. The third-order valence-corrected chi connectivity index (χ3v) is 2.72. The van der Waals surface area contributed by atoms with E-state index in [0.717, 1.165) is 5.02 Å². The maximum absolute atomic E-state index is 5.99. The number of pyridine rings is 1. The van der Waals surface area contributed by atoms with Crippen LogP contribution in [0.5, 0.6) is 0 Å². The molecule has 0 radical (unpaired) electrons. The van der Waals surface area contributed by atoms with Gasteiger partial charge >= 0.3 is 0 Å². The number of hydrogen-bond donors (Lipinski definition) is 0. The van der Waals surface area contributed by atoms with E-state index in [2.05, 4.69) is 11.9 Å². The lowest BCUT2D eigenvalue weighted by molar-refractivity contribution is 0.785. The van der Waals surface area contributed by atoms with Crippen LogP contribution in [0.1, 0.15) is 39.2 Å². The third kappa shape index (κ3) is 2.22. The lowest BCUT2D eigenvalue weighted by Gasteiger charge is -2.08. The van der Waals surface area contributed by atoms with Crippen LogP contribution in [-0.2, 0) is 5.41 Å². The molecule has 1 saturated carbocycles. The molecule has 1 fully saturated rings. The molecule has 1 heterocycles. The summed E-state index contributed by atoms with van der Waals surface area (Å²) in [7, 11) is 0. The molecule has 0 saturated heterocycles. The molecule has 1 aromatic rings. The van der Waals surface area contributed by atoms with Crippen LogP contribution in [0.25, 0.3) is 0 Å². The van der Waals surface area contributed by atoms with E-state index < -0.39 is 0 Å². The summed E-state index contributed by atoms with van der Waals surface area (Å²) in [4.78, 5) is 3.95. The molecule has 0 bridgehead atoms. The molecule has 0 spiro atoms. The molecule has 0 unspecified atom stereocenters. The number of rotatable bonds is 1. The highest BCUT2D eigenvalue weighted by Gasteiger charge is 2.40. The van der Waals surface area contributed by atoms with E-state index in [1.807, 2.05) is 26.1 Å². The van der Waals surface area contributed by atoms with E-state index in [-0.39, 0.29) is 0 Å². The van der Waals surface area contributed by atoms with Crippen molar-refractivity contribution in [1.82, 2.24) is 4.98 Å². The predicted molar refractivity (Wildman–Crippen MR) is 57.2 cm³/mol. The van der Waals surface area contributed by atoms with Gasteiger partial charge in [0.15, 0.2) is 0 Å². The fourth-order valence-electron chi connectivity index (χ4n) is 1.32. The highest BCUT2D eigenvalue weighted by Crippen LogP contribution is 2.49. The Morgan fingerprint density at radius 1 is 1.38 bits per heavy atom. The summed E-state index contributed by atoms with van der Waals surface area (Å²) in [6.07, 6.45) is 6.05. The lowest BCUT2D eigenvalue weighted by Crippen LogP contribution is -2.00. The molecule has 1 aromatic heterocycles. The normalized spacial score (nSPS) is 17.2. The van der Waals surface area contributed by atoms with Crippen molar-refractivity contribution in [3.8, 4) is 0 Å². The Morgan fingerprint density at radius 3 is 2.46 bits per heavy atom. The van der Waals surface area contributed by atoms with E-state index >= 15 is 0 Å². The lowest BCUT2D eigenvalue weighted by atomic mass is 10.0. The summed E-state index contributed by atoms with van der Waals surface area (Å²) in [5.74, 6) is 0. The van der Waals surface area contributed by atoms with Gasteiger partial charge in [0.1, 0.15) is 0 Å². The van der Waals surface area contributed by atoms with Crippen molar-refractivity contribution in [1.29, 1.82) is 0 Å². The van der Waals surface area contributed by atoms with Gasteiger partial charge in [-0.05, 0) is 29.9 Å². The van der Waals surface area contributed by atoms with Gasteiger partial charge in [0, 0.05) is 12.4 Å². The van der Waals surface area contributed by atoms with Gasteiger partial charge in [-0.2, -0.15) is 0 Å². The van der Waals surface area contributed by atoms with Gasteiger partial charge in [0.05, 0.1) is 5.02 Å². The second kappa shape index (κ2) is 4.10. The summed E-state index contributed by atoms with van der Waals surface area (Å²) < 4.78 is 0. The molecule has 1 aliphatic carbocycles.